The zero-order valence-electron chi connectivity index (χ0n) is 17.9. The summed E-state index contributed by atoms with van der Waals surface area (Å²) in [7, 11) is -1.93. The molecule has 0 aliphatic heterocycles. The van der Waals surface area contributed by atoms with Crippen LogP contribution in [0.15, 0.2) is 84.5 Å². The molecule has 0 atom stereocenters. The van der Waals surface area contributed by atoms with Crippen LogP contribution in [0.25, 0.3) is 28.0 Å². The van der Waals surface area contributed by atoms with Crippen LogP contribution in [0.5, 0.6) is 5.75 Å². The maximum absolute atomic E-state index is 12.5. The maximum atomic E-state index is 12.5. The summed E-state index contributed by atoms with van der Waals surface area (Å²) in [5.41, 5.74) is 4.86. The molecule has 1 N–H and O–H groups in total. The number of rotatable bonds is 7. The van der Waals surface area contributed by atoms with Crippen LogP contribution < -0.4 is 9.46 Å². The first kappa shape index (κ1) is 21.7. The molecule has 0 amide bonds. The number of methoxy groups -OCH3 is 1. The van der Waals surface area contributed by atoms with Crippen LogP contribution in [0.2, 0.25) is 0 Å². The van der Waals surface area contributed by atoms with E-state index in [4.69, 9.17) is 4.74 Å². The molecule has 0 fully saturated rings. The van der Waals surface area contributed by atoms with Crippen molar-refractivity contribution in [1.29, 1.82) is 0 Å². The zero-order valence-corrected chi connectivity index (χ0v) is 18.8. The van der Waals surface area contributed by atoms with E-state index in [1.54, 1.807) is 25.6 Å². The maximum Gasteiger partial charge on any atom is 0.234 e. The average Bonchev–Trinajstić information content (AvgIpc) is 2.82. The van der Waals surface area contributed by atoms with Gasteiger partial charge in [0.15, 0.2) is 0 Å². The molecule has 3 aromatic carbocycles. The highest BCUT2D eigenvalue weighted by Crippen LogP contribution is 2.33. The third kappa shape index (κ3) is 4.88. The van der Waals surface area contributed by atoms with E-state index in [1.807, 2.05) is 67.6 Å². The third-order valence-electron chi connectivity index (χ3n) is 5.32. The van der Waals surface area contributed by atoms with Crippen molar-refractivity contribution in [2.24, 2.45) is 0 Å². The van der Waals surface area contributed by atoms with Gasteiger partial charge < -0.3 is 4.74 Å². The number of sulfonamides is 1. The molecule has 0 aliphatic rings. The molecule has 0 radical (unpaired) electrons. The van der Waals surface area contributed by atoms with Gasteiger partial charge in [0, 0.05) is 29.7 Å². The van der Waals surface area contributed by atoms with Crippen molar-refractivity contribution in [2.45, 2.75) is 13.5 Å². The lowest BCUT2D eigenvalue weighted by atomic mass is 9.95. The fraction of sp³-hybridized carbons (Fsp3) is 0.115. The van der Waals surface area contributed by atoms with E-state index < -0.39 is 10.0 Å². The summed E-state index contributed by atoms with van der Waals surface area (Å²) in [4.78, 5) is 4.26. The SMILES string of the molecule is COc1ccc(-c2ccc(CNS(=O)(=O)C=Cc3ccccc3)c3cnccc23)cc1C. The normalized spacial score (nSPS) is 11.8. The molecule has 0 unspecified atom stereocenters. The molecular formula is C26H24N2O3S. The van der Waals surface area contributed by atoms with Crippen molar-refractivity contribution in [3.63, 3.8) is 0 Å². The number of benzene rings is 3. The van der Waals surface area contributed by atoms with Gasteiger partial charge >= 0.3 is 0 Å². The summed E-state index contributed by atoms with van der Waals surface area (Å²) in [5.74, 6) is 0.842. The molecule has 1 heterocycles. The highest BCUT2D eigenvalue weighted by atomic mass is 32.2. The highest BCUT2D eigenvalue weighted by molar-refractivity contribution is 7.92. The number of ether oxygens (including phenoxy) is 1. The van der Waals surface area contributed by atoms with Crippen molar-refractivity contribution in [1.82, 2.24) is 9.71 Å². The van der Waals surface area contributed by atoms with Crippen LogP contribution in [0.3, 0.4) is 0 Å². The van der Waals surface area contributed by atoms with Crippen LogP contribution >= 0.6 is 0 Å². The van der Waals surface area contributed by atoms with Crippen LogP contribution in [-0.4, -0.2) is 20.5 Å². The van der Waals surface area contributed by atoms with Gasteiger partial charge in [-0.15, -0.1) is 0 Å². The molecule has 4 rings (SSSR count). The first-order chi connectivity index (χ1) is 15.5. The van der Waals surface area contributed by atoms with Gasteiger partial charge in [-0.2, -0.15) is 0 Å². The Morgan fingerprint density at radius 2 is 1.81 bits per heavy atom. The van der Waals surface area contributed by atoms with Gasteiger partial charge in [-0.25, -0.2) is 13.1 Å². The van der Waals surface area contributed by atoms with Crippen molar-refractivity contribution in [3.05, 3.63) is 101 Å². The topological polar surface area (TPSA) is 68.3 Å². The average molecular weight is 445 g/mol. The van der Waals surface area contributed by atoms with E-state index in [1.165, 1.54) is 5.41 Å². The number of pyridine rings is 1. The van der Waals surface area contributed by atoms with Gasteiger partial charge in [0.25, 0.3) is 0 Å². The van der Waals surface area contributed by atoms with Gasteiger partial charge in [-0.05, 0) is 64.4 Å². The first-order valence-corrected chi connectivity index (χ1v) is 11.7. The Hall–Kier alpha value is -3.48. The predicted molar refractivity (Wildman–Crippen MR) is 130 cm³/mol. The summed E-state index contributed by atoms with van der Waals surface area (Å²) in [6.45, 7) is 2.18. The van der Waals surface area contributed by atoms with E-state index in [9.17, 15) is 8.42 Å². The third-order valence-corrected chi connectivity index (χ3v) is 6.36. The Morgan fingerprint density at radius 3 is 2.56 bits per heavy atom. The molecule has 0 saturated heterocycles. The Morgan fingerprint density at radius 1 is 1.00 bits per heavy atom. The standard InChI is InChI=1S/C26H24N2O3S/c1-19-16-21(9-11-26(19)31-2)23-10-8-22(25-18-27-14-12-24(23)25)17-28-32(29,30)15-13-20-6-4-3-5-7-20/h3-16,18,28H,17H2,1-2H3. The number of hydrogen-bond donors (Lipinski definition) is 1. The summed E-state index contributed by atoms with van der Waals surface area (Å²) >= 11 is 0. The minimum absolute atomic E-state index is 0.172. The highest BCUT2D eigenvalue weighted by Gasteiger charge is 2.12. The van der Waals surface area contributed by atoms with E-state index >= 15 is 0 Å². The summed E-state index contributed by atoms with van der Waals surface area (Å²) in [5, 5.41) is 3.12. The number of nitrogens with one attached hydrogen (secondary N) is 1. The molecular weight excluding hydrogens is 420 g/mol. The summed E-state index contributed by atoms with van der Waals surface area (Å²) in [6, 6.07) is 21.3. The molecule has 0 aliphatic carbocycles. The Bertz CT molecular complexity index is 1380. The van der Waals surface area contributed by atoms with Crippen molar-refractivity contribution in [2.75, 3.05) is 7.11 Å². The lowest BCUT2D eigenvalue weighted by Gasteiger charge is -2.13. The van der Waals surface area contributed by atoms with Gasteiger partial charge in [0.05, 0.1) is 7.11 Å². The number of aryl methyl sites for hydroxylation is 1. The van der Waals surface area contributed by atoms with Crippen LogP contribution in [0.1, 0.15) is 16.7 Å². The molecule has 162 valence electrons. The van der Waals surface area contributed by atoms with Crippen molar-refractivity contribution < 1.29 is 13.2 Å². The molecule has 0 spiro atoms. The molecule has 5 nitrogen and oxygen atoms in total. The fourth-order valence-electron chi connectivity index (χ4n) is 3.66. The molecule has 0 saturated carbocycles. The van der Waals surface area contributed by atoms with Crippen LogP contribution in [0.4, 0.5) is 0 Å². The van der Waals surface area contributed by atoms with Crippen molar-refractivity contribution >= 4 is 26.9 Å². The van der Waals surface area contributed by atoms with Gasteiger partial charge in [-0.1, -0.05) is 48.5 Å². The van der Waals surface area contributed by atoms with E-state index in [2.05, 4.69) is 15.8 Å². The van der Waals surface area contributed by atoms with Gasteiger partial charge in [0.2, 0.25) is 10.0 Å². The van der Waals surface area contributed by atoms with E-state index in [0.717, 1.165) is 44.3 Å². The van der Waals surface area contributed by atoms with Gasteiger partial charge in [-0.3, -0.25) is 4.98 Å². The lowest BCUT2D eigenvalue weighted by molar-refractivity contribution is 0.412. The number of aromatic nitrogens is 1. The smallest absolute Gasteiger partial charge is 0.234 e. The number of hydrogen-bond acceptors (Lipinski definition) is 4. The Kier molecular flexibility index (Phi) is 6.35. The molecule has 32 heavy (non-hydrogen) atoms. The van der Waals surface area contributed by atoms with Gasteiger partial charge in [0.1, 0.15) is 5.75 Å². The Labute approximate surface area is 188 Å². The largest absolute Gasteiger partial charge is 0.496 e. The summed E-state index contributed by atoms with van der Waals surface area (Å²) in [6.07, 6.45) is 5.11. The number of fused-ring (bicyclic) bond motifs is 1. The summed E-state index contributed by atoms with van der Waals surface area (Å²) < 4.78 is 33.0. The van der Waals surface area contributed by atoms with Crippen molar-refractivity contribution in [3.8, 4) is 16.9 Å². The predicted octanol–water partition coefficient (Wildman–Crippen LogP) is 5.31. The zero-order chi connectivity index (χ0) is 22.6. The second-order valence-corrected chi connectivity index (χ2v) is 9.11. The second-order valence-electron chi connectivity index (χ2n) is 7.46. The number of nitrogens with zero attached hydrogens (tertiary/aromatic N) is 1. The lowest BCUT2D eigenvalue weighted by Crippen LogP contribution is -2.20. The molecule has 1 aromatic heterocycles. The first-order valence-electron chi connectivity index (χ1n) is 10.2. The fourth-order valence-corrected chi connectivity index (χ4v) is 4.45. The quantitative estimate of drug-likeness (QED) is 0.419. The Balaban J connectivity index is 1.62. The second kappa shape index (κ2) is 9.34. The van der Waals surface area contributed by atoms with Crippen LogP contribution in [0, 0.1) is 6.92 Å². The molecule has 6 heteroatoms. The van der Waals surface area contributed by atoms with E-state index in [0.29, 0.717) is 0 Å². The minimum Gasteiger partial charge on any atom is -0.496 e. The van der Waals surface area contributed by atoms with Crippen LogP contribution in [-0.2, 0) is 16.6 Å². The molecule has 4 aromatic rings. The van der Waals surface area contributed by atoms with E-state index in [-0.39, 0.29) is 6.54 Å². The molecule has 0 bridgehead atoms. The monoisotopic (exact) mass is 444 g/mol. The minimum atomic E-state index is -3.59.